The molecule has 0 spiro atoms. The van der Waals surface area contributed by atoms with Gasteiger partial charge in [0.05, 0.1) is 19.8 Å². The largest absolute Gasteiger partial charge is 0.497 e. The van der Waals surface area contributed by atoms with Crippen LogP contribution in [-0.4, -0.2) is 78.6 Å². The van der Waals surface area contributed by atoms with Crippen LogP contribution in [0.25, 0.3) is 11.4 Å². The smallest absolute Gasteiger partial charge is 0.191 e. The first-order valence-electron chi connectivity index (χ1n) is 11.0. The molecular weight excluding hydrogens is 521 g/mol. The van der Waals surface area contributed by atoms with Crippen LogP contribution in [0.2, 0.25) is 0 Å². The molecule has 9 nitrogen and oxygen atoms in total. The number of rotatable bonds is 9. The lowest BCUT2D eigenvalue weighted by Crippen LogP contribution is -2.50. The Bertz CT molecular complexity index is 826. The number of benzene rings is 1. The summed E-state index contributed by atoms with van der Waals surface area (Å²) in [4.78, 5) is 11.7. The van der Waals surface area contributed by atoms with Crippen molar-refractivity contribution in [2.75, 3.05) is 46.4 Å². The summed E-state index contributed by atoms with van der Waals surface area (Å²) >= 11 is 0. The molecule has 2 aromatic rings. The van der Waals surface area contributed by atoms with Gasteiger partial charge < -0.3 is 20.1 Å². The number of nitrogens with zero attached hydrogens (tertiary/aromatic N) is 4. The van der Waals surface area contributed by atoms with Gasteiger partial charge in [-0.05, 0) is 37.1 Å². The van der Waals surface area contributed by atoms with Crippen LogP contribution >= 0.6 is 24.0 Å². The normalized spacial score (nSPS) is 17.2. The second-order valence-electron chi connectivity index (χ2n) is 8.06. The maximum Gasteiger partial charge on any atom is 0.191 e. The minimum Gasteiger partial charge on any atom is -0.497 e. The van der Waals surface area contributed by atoms with Gasteiger partial charge in [-0.15, -0.1) is 24.0 Å². The Morgan fingerprint density at radius 1 is 1.31 bits per heavy atom. The summed E-state index contributed by atoms with van der Waals surface area (Å²) in [5.41, 5.74) is 0.928. The number of aliphatic imine (C=N–C) groups is 1. The number of methoxy groups -OCH3 is 1. The van der Waals surface area contributed by atoms with Crippen LogP contribution in [0, 0.1) is 5.92 Å². The summed E-state index contributed by atoms with van der Waals surface area (Å²) in [7, 11) is 1.65. The molecule has 1 fully saturated rings. The van der Waals surface area contributed by atoms with E-state index in [2.05, 4.69) is 56.5 Å². The van der Waals surface area contributed by atoms with Gasteiger partial charge in [-0.25, -0.2) is 9.98 Å². The number of nitrogens with one attached hydrogen (secondary N) is 3. The molecule has 32 heavy (non-hydrogen) atoms. The lowest BCUT2D eigenvalue weighted by atomic mass is 10.2. The zero-order chi connectivity index (χ0) is 22.1. The van der Waals surface area contributed by atoms with E-state index < -0.39 is 0 Å². The van der Waals surface area contributed by atoms with Crippen molar-refractivity contribution in [1.29, 1.82) is 0 Å². The molecule has 0 radical (unpaired) electrons. The Labute approximate surface area is 207 Å². The van der Waals surface area contributed by atoms with Crippen LogP contribution in [0.3, 0.4) is 0 Å². The van der Waals surface area contributed by atoms with E-state index >= 15 is 0 Å². The van der Waals surface area contributed by atoms with E-state index in [0.717, 1.165) is 50.1 Å². The third-order valence-electron chi connectivity index (χ3n) is 4.95. The number of H-pyrrole nitrogens is 1. The van der Waals surface area contributed by atoms with Crippen molar-refractivity contribution in [2.24, 2.45) is 10.9 Å². The zero-order valence-electron chi connectivity index (χ0n) is 19.4. The number of aromatic nitrogens is 3. The molecule has 1 aliphatic heterocycles. The lowest BCUT2D eigenvalue weighted by molar-refractivity contribution is -0.0284. The first-order valence-corrected chi connectivity index (χ1v) is 11.0. The molecule has 1 aromatic carbocycles. The van der Waals surface area contributed by atoms with Crippen LogP contribution in [0.5, 0.6) is 5.75 Å². The van der Waals surface area contributed by atoms with E-state index in [1.165, 1.54) is 0 Å². The van der Waals surface area contributed by atoms with Crippen LogP contribution in [0.1, 0.15) is 26.6 Å². The summed E-state index contributed by atoms with van der Waals surface area (Å²) in [5.74, 6) is 3.57. The fraction of sp³-hybridized carbons (Fsp3) is 0.591. The molecule has 178 valence electrons. The number of ether oxygens (including phenoxy) is 2. The van der Waals surface area contributed by atoms with Crippen molar-refractivity contribution in [2.45, 2.75) is 33.4 Å². The van der Waals surface area contributed by atoms with Crippen molar-refractivity contribution in [3.63, 3.8) is 0 Å². The van der Waals surface area contributed by atoms with Gasteiger partial charge >= 0.3 is 0 Å². The summed E-state index contributed by atoms with van der Waals surface area (Å²) in [6.07, 6.45) is 0.156. The van der Waals surface area contributed by atoms with E-state index in [-0.39, 0.29) is 30.1 Å². The Balaban J connectivity index is 0.00000363. The first kappa shape index (κ1) is 26.3. The predicted molar refractivity (Wildman–Crippen MR) is 138 cm³/mol. The van der Waals surface area contributed by atoms with Gasteiger partial charge in [0.1, 0.15) is 18.1 Å². The van der Waals surface area contributed by atoms with Crippen LogP contribution in [-0.2, 0) is 11.3 Å². The molecule has 1 unspecified atom stereocenters. The van der Waals surface area contributed by atoms with Crippen molar-refractivity contribution < 1.29 is 9.47 Å². The van der Waals surface area contributed by atoms with E-state index in [1.54, 1.807) is 7.11 Å². The number of morpholine rings is 1. The molecule has 0 saturated carbocycles. The summed E-state index contributed by atoms with van der Waals surface area (Å²) in [6.45, 7) is 12.3. The maximum absolute atomic E-state index is 5.93. The highest BCUT2D eigenvalue weighted by Crippen LogP contribution is 2.19. The molecule has 1 saturated heterocycles. The quantitative estimate of drug-likeness (QED) is 0.248. The SMILES string of the molecule is CCNC(=NCc1nc(-c2ccc(OC)cc2)n[nH]1)NCC1CN(CC(C)C)CCO1.I. The van der Waals surface area contributed by atoms with Crippen LogP contribution < -0.4 is 15.4 Å². The van der Waals surface area contributed by atoms with Gasteiger partial charge in [0.2, 0.25) is 0 Å². The zero-order valence-corrected chi connectivity index (χ0v) is 21.8. The summed E-state index contributed by atoms with van der Waals surface area (Å²) < 4.78 is 11.1. The van der Waals surface area contributed by atoms with Gasteiger partial charge in [0, 0.05) is 38.3 Å². The third-order valence-corrected chi connectivity index (χ3v) is 4.95. The number of hydrogen-bond acceptors (Lipinski definition) is 6. The fourth-order valence-electron chi connectivity index (χ4n) is 3.53. The maximum atomic E-state index is 5.93. The molecular formula is C22H36IN7O2. The second kappa shape index (κ2) is 13.6. The molecule has 1 aliphatic rings. The summed E-state index contributed by atoms with van der Waals surface area (Å²) in [6, 6.07) is 7.67. The van der Waals surface area contributed by atoms with E-state index in [1.807, 2.05) is 24.3 Å². The molecule has 0 aliphatic carbocycles. The number of guanidine groups is 1. The van der Waals surface area contributed by atoms with Gasteiger partial charge in [-0.3, -0.25) is 10.00 Å². The Kier molecular flexibility index (Phi) is 11.2. The van der Waals surface area contributed by atoms with Crippen LogP contribution in [0.15, 0.2) is 29.3 Å². The van der Waals surface area contributed by atoms with Crippen molar-refractivity contribution >= 4 is 29.9 Å². The standard InChI is InChI=1S/C22H35N7O2.HI/c1-5-23-22(24-12-19-15-29(10-11-31-19)14-16(2)3)25-13-20-26-21(28-27-20)17-6-8-18(30-4)9-7-17;/h6-9,16,19H,5,10-15H2,1-4H3,(H2,23,24,25)(H,26,27,28);1H. The summed E-state index contributed by atoms with van der Waals surface area (Å²) in [5, 5.41) is 14.0. The van der Waals surface area contributed by atoms with Crippen molar-refractivity contribution in [3.05, 3.63) is 30.1 Å². The lowest BCUT2D eigenvalue weighted by Gasteiger charge is -2.34. The van der Waals surface area contributed by atoms with Gasteiger partial charge in [0.15, 0.2) is 11.8 Å². The highest BCUT2D eigenvalue weighted by Gasteiger charge is 2.21. The number of aromatic amines is 1. The average Bonchev–Trinajstić information content (AvgIpc) is 3.24. The highest BCUT2D eigenvalue weighted by molar-refractivity contribution is 14.0. The number of halogens is 1. The third kappa shape index (κ3) is 8.21. The minimum absolute atomic E-state index is 0. The van der Waals surface area contributed by atoms with Gasteiger partial charge in [-0.2, -0.15) is 5.10 Å². The molecule has 1 aromatic heterocycles. The highest BCUT2D eigenvalue weighted by atomic mass is 127. The fourth-order valence-corrected chi connectivity index (χ4v) is 3.53. The molecule has 2 heterocycles. The number of hydrogen-bond donors (Lipinski definition) is 3. The van der Waals surface area contributed by atoms with Gasteiger partial charge in [0.25, 0.3) is 0 Å². The molecule has 0 amide bonds. The monoisotopic (exact) mass is 557 g/mol. The second-order valence-corrected chi connectivity index (χ2v) is 8.06. The van der Waals surface area contributed by atoms with E-state index in [0.29, 0.717) is 30.7 Å². The first-order chi connectivity index (χ1) is 15.1. The Hall–Kier alpha value is -1.92. The van der Waals surface area contributed by atoms with E-state index in [9.17, 15) is 0 Å². The minimum atomic E-state index is 0. The predicted octanol–water partition coefficient (Wildman–Crippen LogP) is 2.51. The molecule has 10 heteroatoms. The van der Waals surface area contributed by atoms with Crippen LogP contribution in [0.4, 0.5) is 0 Å². The Morgan fingerprint density at radius 2 is 2.09 bits per heavy atom. The topological polar surface area (TPSA) is 99.7 Å². The molecule has 0 bridgehead atoms. The van der Waals surface area contributed by atoms with E-state index in [4.69, 9.17) is 9.47 Å². The molecule has 1 atom stereocenters. The van der Waals surface area contributed by atoms with Crippen molar-refractivity contribution in [1.82, 2.24) is 30.7 Å². The van der Waals surface area contributed by atoms with Crippen molar-refractivity contribution in [3.8, 4) is 17.1 Å². The average molecular weight is 557 g/mol. The Morgan fingerprint density at radius 3 is 2.78 bits per heavy atom. The molecule has 3 N–H and O–H groups in total. The van der Waals surface area contributed by atoms with Gasteiger partial charge in [-0.1, -0.05) is 13.8 Å². The molecule has 3 rings (SSSR count).